The lowest BCUT2D eigenvalue weighted by Crippen LogP contribution is -2.58. The third kappa shape index (κ3) is 8.12. The summed E-state index contributed by atoms with van der Waals surface area (Å²) in [6.07, 6.45) is 11.8. The van der Waals surface area contributed by atoms with Crippen molar-refractivity contribution in [2.45, 2.75) is 69.6 Å². The first-order chi connectivity index (χ1) is 25.4. The van der Waals surface area contributed by atoms with Crippen molar-refractivity contribution < 1.29 is 86.4 Å². The monoisotopic (exact) mass is 754 g/mol. The van der Waals surface area contributed by atoms with Crippen LogP contribution in [0.3, 0.4) is 0 Å². The molecule has 0 amide bonds. The van der Waals surface area contributed by atoms with Crippen LogP contribution < -0.4 is 0 Å². The van der Waals surface area contributed by atoms with Gasteiger partial charge in [-0.25, -0.2) is 28.8 Å². The molecule has 0 bridgehead atoms. The Morgan fingerprint density at radius 1 is 0.630 bits per heavy atom. The zero-order chi connectivity index (χ0) is 39.5. The third-order valence-corrected chi connectivity index (χ3v) is 8.29. The molecule has 4 aliphatic heterocycles. The summed E-state index contributed by atoms with van der Waals surface area (Å²) in [4.78, 5) is 87.9. The maximum absolute atomic E-state index is 12.9. The van der Waals surface area contributed by atoms with Crippen LogP contribution in [0.2, 0.25) is 0 Å². The summed E-state index contributed by atoms with van der Waals surface area (Å²) in [5.74, 6) is -15.6. The Hall–Kier alpha value is -6.43. The molecule has 3 fully saturated rings. The first-order valence-corrected chi connectivity index (χ1v) is 16.2. The minimum atomic E-state index is -1.97. The van der Waals surface area contributed by atoms with Crippen LogP contribution in [0.15, 0.2) is 94.9 Å². The first-order valence-electron chi connectivity index (χ1n) is 16.2. The van der Waals surface area contributed by atoms with Crippen LogP contribution in [0.5, 0.6) is 0 Å². The Morgan fingerprint density at radius 3 is 1.48 bits per heavy atom. The van der Waals surface area contributed by atoms with Crippen molar-refractivity contribution in [3.8, 4) is 0 Å². The minimum absolute atomic E-state index is 0.0145. The van der Waals surface area contributed by atoms with Crippen molar-refractivity contribution >= 4 is 41.6 Å². The average Bonchev–Trinajstić information content (AvgIpc) is 3.04. The first kappa shape index (κ1) is 38.8. The van der Waals surface area contributed by atoms with Crippen molar-refractivity contribution in [3.63, 3.8) is 0 Å². The van der Waals surface area contributed by atoms with Gasteiger partial charge in [0.25, 0.3) is 29.3 Å². The minimum Gasteiger partial charge on any atom is -0.480 e. The van der Waals surface area contributed by atoms with E-state index in [9.17, 15) is 43.8 Å². The van der Waals surface area contributed by atoms with Crippen LogP contribution >= 0.6 is 0 Å². The molecule has 0 aromatic carbocycles. The van der Waals surface area contributed by atoms with E-state index in [4.69, 9.17) is 42.6 Å². The number of carbonyl (C=O) groups is 7. The summed E-state index contributed by atoms with van der Waals surface area (Å²) in [7, 11) is 1.36. The fourth-order valence-electron chi connectivity index (χ4n) is 5.62. The predicted molar refractivity (Wildman–Crippen MR) is 174 cm³/mol. The number of carbonyl (C=O) groups excluding carboxylic acids is 7. The molecule has 1 saturated carbocycles. The molecule has 5 aliphatic rings. The van der Waals surface area contributed by atoms with Gasteiger partial charge in [-0.15, -0.1) is 0 Å². The lowest BCUT2D eigenvalue weighted by molar-refractivity contribution is -0.306. The highest BCUT2D eigenvalue weighted by atomic mass is 16.8. The largest absolute Gasteiger partial charge is 0.480 e. The zero-order valence-electron chi connectivity index (χ0n) is 29.2. The Bertz CT molecular complexity index is 1900. The Balaban J connectivity index is 1.19. The number of allylic oxidation sites excluding steroid dienone is 8. The molecule has 286 valence electrons. The van der Waals surface area contributed by atoms with E-state index in [2.05, 4.69) is 0 Å². The highest BCUT2D eigenvalue weighted by Crippen LogP contribution is 2.46. The summed E-state index contributed by atoms with van der Waals surface area (Å²) in [5.41, 5.74) is -1.67. The predicted octanol–water partition coefficient (Wildman–Crippen LogP) is 2.58. The van der Waals surface area contributed by atoms with E-state index in [1.807, 2.05) is 0 Å². The van der Waals surface area contributed by atoms with E-state index in [-0.39, 0.29) is 31.4 Å². The standard InChI is InChI=1S/C36H34O18/c1-20(37)34(3)49-27(40)22(28(41)50-34)13-8-6-10-15-24-31(44)53-36(54-32(24)45)17-11-16-35(18-36)51-29(42)23(30(43)52-35)14-9-5-7-12-21-25(38)47-33(2,19-46-4)48-26(21)39/h5-10,12-15,38,40H,11,16-19H2,1-4H3/b9-5+,10-6+,12-7+,13-8+,23-14?,24-15?. The van der Waals surface area contributed by atoms with Gasteiger partial charge in [0.15, 0.2) is 0 Å². The molecule has 18 heteroatoms. The number of aliphatic hydroxyl groups is 2. The van der Waals surface area contributed by atoms with E-state index in [1.54, 1.807) is 0 Å². The van der Waals surface area contributed by atoms with Crippen LogP contribution in [0.25, 0.3) is 0 Å². The molecule has 5 rings (SSSR count). The molecule has 54 heavy (non-hydrogen) atoms. The lowest BCUT2D eigenvalue weighted by atomic mass is 9.87. The Labute approximate surface area is 306 Å². The Kier molecular flexibility index (Phi) is 10.7. The van der Waals surface area contributed by atoms with Gasteiger partial charge in [-0.2, -0.15) is 0 Å². The van der Waals surface area contributed by atoms with E-state index in [0.717, 1.165) is 25.2 Å². The van der Waals surface area contributed by atoms with Crippen LogP contribution in [-0.4, -0.2) is 88.7 Å². The number of aliphatic hydroxyl groups excluding tert-OH is 2. The average molecular weight is 755 g/mol. The van der Waals surface area contributed by atoms with Gasteiger partial charge in [0.1, 0.15) is 35.3 Å². The van der Waals surface area contributed by atoms with Crippen molar-refractivity contribution in [1.29, 1.82) is 0 Å². The van der Waals surface area contributed by atoms with Crippen LogP contribution in [0.1, 0.15) is 46.5 Å². The lowest BCUT2D eigenvalue weighted by Gasteiger charge is -2.47. The second-order valence-corrected chi connectivity index (χ2v) is 12.5. The summed E-state index contributed by atoms with van der Waals surface area (Å²) >= 11 is 0. The molecular formula is C36H34O18. The molecule has 0 radical (unpaired) electrons. The normalized spacial score (nSPS) is 30.4. The summed E-state index contributed by atoms with van der Waals surface area (Å²) < 4.78 is 47.2. The Morgan fingerprint density at radius 2 is 1.07 bits per heavy atom. The zero-order valence-corrected chi connectivity index (χ0v) is 29.2. The van der Waals surface area contributed by atoms with E-state index < -0.39 is 99.8 Å². The number of methoxy groups -OCH3 is 1. The van der Waals surface area contributed by atoms with Gasteiger partial charge in [-0.3, -0.25) is 4.79 Å². The van der Waals surface area contributed by atoms with Gasteiger partial charge >= 0.3 is 41.6 Å². The summed E-state index contributed by atoms with van der Waals surface area (Å²) in [6, 6.07) is 0. The van der Waals surface area contributed by atoms with Gasteiger partial charge in [0.2, 0.25) is 5.78 Å². The van der Waals surface area contributed by atoms with Crippen molar-refractivity contribution in [1.82, 2.24) is 0 Å². The number of esters is 6. The smallest absolute Gasteiger partial charge is 0.349 e. The molecule has 1 aliphatic carbocycles. The number of cyclic esters (lactones) is 2. The fraction of sp³-hybridized carbons (Fsp3) is 0.361. The molecular weight excluding hydrogens is 720 g/mol. The van der Waals surface area contributed by atoms with E-state index >= 15 is 0 Å². The highest BCUT2D eigenvalue weighted by molar-refractivity contribution is 6.16. The molecule has 0 aromatic heterocycles. The SMILES string of the molecule is COCC1(C)OC(=O)C(/C=C/C=C/C=C2C(=O)OC3(CCCC4(C3)OC(=O)C(=C/C=C/C=C/C3=C(O)OC(C)(C(C)=O)OC3=O)C(=O)O4)OC2=O)=C(O)O1. The topological polar surface area (TPSA) is 243 Å². The van der Waals surface area contributed by atoms with E-state index in [1.165, 1.54) is 63.5 Å². The molecule has 18 nitrogen and oxygen atoms in total. The van der Waals surface area contributed by atoms with Gasteiger partial charge in [0, 0.05) is 40.7 Å². The molecule has 2 spiro atoms. The second-order valence-electron chi connectivity index (χ2n) is 12.5. The molecule has 4 heterocycles. The number of Topliss-reactive ketones (excluding diaryl/α,β-unsaturated/α-hetero) is 1. The number of hydrogen-bond acceptors (Lipinski definition) is 18. The maximum Gasteiger partial charge on any atom is 0.349 e. The van der Waals surface area contributed by atoms with Gasteiger partial charge in [-0.05, 0) is 30.7 Å². The second kappa shape index (κ2) is 14.9. The van der Waals surface area contributed by atoms with Crippen LogP contribution in [-0.2, 0) is 76.2 Å². The molecule has 2 N–H and O–H groups in total. The number of ether oxygens (including phenoxy) is 9. The third-order valence-electron chi connectivity index (χ3n) is 8.29. The van der Waals surface area contributed by atoms with Crippen molar-refractivity contribution in [2.75, 3.05) is 13.7 Å². The number of hydrogen-bond donors (Lipinski definition) is 2. The maximum atomic E-state index is 12.9. The fourth-order valence-corrected chi connectivity index (χ4v) is 5.62. The number of rotatable bonds is 9. The van der Waals surface area contributed by atoms with Crippen LogP contribution in [0, 0.1) is 0 Å². The highest BCUT2D eigenvalue weighted by Gasteiger charge is 2.59. The van der Waals surface area contributed by atoms with Gasteiger partial charge in [-0.1, -0.05) is 36.5 Å². The van der Waals surface area contributed by atoms with Gasteiger partial charge < -0.3 is 52.8 Å². The molecule has 2 saturated heterocycles. The molecule has 0 aromatic rings. The number of ketones is 1. The van der Waals surface area contributed by atoms with Crippen LogP contribution in [0.4, 0.5) is 0 Å². The molecule has 2 unspecified atom stereocenters. The molecule has 2 atom stereocenters. The summed E-state index contributed by atoms with van der Waals surface area (Å²) in [6.45, 7) is 3.56. The summed E-state index contributed by atoms with van der Waals surface area (Å²) in [5, 5.41) is 20.2. The van der Waals surface area contributed by atoms with Crippen molar-refractivity contribution in [3.05, 3.63) is 94.9 Å². The van der Waals surface area contributed by atoms with Crippen molar-refractivity contribution in [2.24, 2.45) is 0 Å². The van der Waals surface area contributed by atoms with E-state index in [0.29, 0.717) is 0 Å². The quantitative estimate of drug-likeness (QED) is 0.113. The van der Waals surface area contributed by atoms with Gasteiger partial charge in [0.05, 0.1) is 0 Å².